The Balaban J connectivity index is 1.45. The summed E-state index contributed by atoms with van der Waals surface area (Å²) in [5.41, 5.74) is 5.93. The summed E-state index contributed by atoms with van der Waals surface area (Å²) in [6, 6.07) is 25.2. The third kappa shape index (κ3) is 3.90. The summed E-state index contributed by atoms with van der Waals surface area (Å²) in [7, 11) is 0. The van der Waals surface area contributed by atoms with Gasteiger partial charge in [-0.15, -0.1) is 0 Å². The number of phenolic OH excluding ortho intramolecular Hbond substituents is 1. The number of fused-ring (bicyclic) bond motifs is 2. The zero-order valence-electron chi connectivity index (χ0n) is 18.5. The summed E-state index contributed by atoms with van der Waals surface area (Å²) in [5, 5.41) is 17.1. The second-order valence-corrected chi connectivity index (χ2v) is 8.11. The minimum absolute atomic E-state index is 0.107. The van der Waals surface area contributed by atoms with Gasteiger partial charge in [-0.2, -0.15) is 5.10 Å². The van der Waals surface area contributed by atoms with E-state index < -0.39 is 5.91 Å². The Labute approximate surface area is 195 Å². The fourth-order valence-electron chi connectivity index (χ4n) is 4.25. The van der Waals surface area contributed by atoms with Gasteiger partial charge in [0, 0.05) is 27.7 Å². The number of para-hydroxylation sites is 1. The highest BCUT2D eigenvalue weighted by atomic mass is 19.1. The molecule has 5 rings (SSSR count). The predicted octanol–water partition coefficient (Wildman–Crippen LogP) is 5.76. The molecule has 0 saturated carbocycles. The van der Waals surface area contributed by atoms with Crippen LogP contribution in [-0.4, -0.2) is 21.8 Å². The molecule has 0 unspecified atom stereocenters. The van der Waals surface area contributed by atoms with Crippen molar-refractivity contribution >= 4 is 33.8 Å². The fourth-order valence-corrected chi connectivity index (χ4v) is 4.25. The quantitative estimate of drug-likeness (QED) is 0.264. The van der Waals surface area contributed by atoms with Crippen LogP contribution in [0.15, 0.2) is 90.0 Å². The van der Waals surface area contributed by atoms with Crippen molar-refractivity contribution in [2.24, 2.45) is 5.10 Å². The van der Waals surface area contributed by atoms with E-state index >= 15 is 0 Å². The van der Waals surface area contributed by atoms with Crippen molar-refractivity contribution in [2.45, 2.75) is 13.5 Å². The highest BCUT2D eigenvalue weighted by Gasteiger charge is 2.15. The van der Waals surface area contributed by atoms with Gasteiger partial charge in [-0.05, 0) is 42.0 Å². The lowest BCUT2D eigenvalue weighted by Gasteiger charge is -2.09. The van der Waals surface area contributed by atoms with Gasteiger partial charge >= 0.3 is 0 Å². The van der Waals surface area contributed by atoms with Crippen LogP contribution in [0.2, 0.25) is 0 Å². The predicted molar refractivity (Wildman–Crippen MR) is 133 cm³/mol. The smallest absolute Gasteiger partial charge is 0.275 e. The summed E-state index contributed by atoms with van der Waals surface area (Å²) in [6.07, 6.45) is 1.59. The molecular formula is C28H22FN3O2. The lowest BCUT2D eigenvalue weighted by molar-refractivity contribution is 0.0952. The first-order valence-corrected chi connectivity index (χ1v) is 10.9. The second-order valence-electron chi connectivity index (χ2n) is 8.11. The van der Waals surface area contributed by atoms with E-state index in [4.69, 9.17) is 0 Å². The lowest BCUT2D eigenvalue weighted by Crippen LogP contribution is -2.17. The topological polar surface area (TPSA) is 66.6 Å². The first-order valence-electron chi connectivity index (χ1n) is 10.9. The van der Waals surface area contributed by atoms with Gasteiger partial charge in [0.1, 0.15) is 11.6 Å². The van der Waals surface area contributed by atoms with Gasteiger partial charge in [0.25, 0.3) is 5.91 Å². The molecule has 0 spiro atoms. The molecule has 0 aliphatic heterocycles. The molecule has 1 heterocycles. The van der Waals surface area contributed by atoms with Crippen LogP contribution >= 0.6 is 0 Å². The molecule has 168 valence electrons. The SMILES string of the molecule is Cc1c(C=NNC(=O)c2cc3ccccc3cc2O)c2ccccc2n1Cc1ccccc1F. The van der Waals surface area contributed by atoms with Gasteiger partial charge in [0.05, 0.1) is 18.3 Å². The zero-order valence-corrected chi connectivity index (χ0v) is 18.5. The molecule has 5 aromatic rings. The summed E-state index contributed by atoms with van der Waals surface area (Å²) in [5.74, 6) is -0.867. The number of phenols is 1. The average Bonchev–Trinajstić information content (AvgIpc) is 3.11. The van der Waals surface area contributed by atoms with E-state index in [1.165, 1.54) is 6.07 Å². The normalized spacial score (nSPS) is 11.5. The van der Waals surface area contributed by atoms with E-state index in [2.05, 4.69) is 10.5 Å². The van der Waals surface area contributed by atoms with Crippen molar-refractivity contribution < 1.29 is 14.3 Å². The zero-order chi connectivity index (χ0) is 23.7. The number of nitrogens with zero attached hydrogens (tertiary/aromatic N) is 2. The number of hydrogen-bond donors (Lipinski definition) is 2. The van der Waals surface area contributed by atoms with Crippen LogP contribution in [0.1, 0.15) is 27.2 Å². The van der Waals surface area contributed by atoms with E-state index in [1.807, 2.05) is 66.1 Å². The first kappa shape index (κ1) is 21.4. The number of benzene rings is 4. The van der Waals surface area contributed by atoms with Gasteiger partial charge in [0.2, 0.25) is 0 Å². The Bertz CT molecular complexity index is 1570. The number of carbonyl (C=O) groups is 1. The van der Waals surface area contributed by atoms with E-state index in [1.54, 1.807) is 30.5 Å². The maximum Gasteiger partial charge on any atom is 0.275 e. The number of halogens is 1. The Morgan fingerprint density at radius 3 is 2.47 bits per heavy atom. The van der Waals surface area contributed by atoms with Crippen LogP contribution in [0.3, 0.4) is 0 Å². The molecule has 4 aromatic carbocycles. The van der Waals surface area contributed by atoms with Crippen LogP contribution in [-0.2, 0) is 6.54 Å². The van der Waals surface area contributed by atoms with Crippen LogP contribution < -0.4 is 5.43 Å². The first-order chi connectivity index (χ1) is 16.5. The van der Waals surface area contributed by atoms with Crippen molar-refractivity contribution in [3.8, 4) is 5.75 Å². The number of carbonyl (C=O) groups excluding carboxylic acids is 1. The van der Waals surface area contributed by atoms with Crippen molar-refractivity contribution in [2.75, 3.05) is 0 Å². The molecule has 0 atom stereocenters. The molecule has 5 nitrogen and oxygen atoms in total. The third-order valence-corrected chi connectivity index (χ3v) is 6.03. The molecule has 0 saturated heterocycles. The Morgan fingerprint density at radius 1 is 1.00 bits per heavy atom. The number of hydrazone groups is 1. The summed E-state index contributed by atoms with van der Waals surface area (Å²) >= 11 is 0. The van der Waals surface area contributed by atoms with E-state index in [0.29, 0.717) is 12.1 Å². The van der Waals surface area contributed by atoms with E-state index in [9.17, 15) is 14.3 Å². The largest absolute Gasteiger partial charge is 0.507 e. The molecule has 0 aliphatic rings. The van der Waals surface area contributed by atoms with Gasteiger partial charge in [-0.1, -0.05) is 60.7 Å². The van der Waals surface area contributed by atoms with Crippen LogP contribution in [0.25, 0.3) is 21.7 Å². The molecule has 0 aliphatic carbocycles. The van der Waals surface area contributed by atoms with Gasteiger partial charge in [0.15, 0.2) is 0 Å². The van der Waals surface area contributed by atoms with Gasteiger partial charge < -0.3 is 9.67 Å². The number of nitrogens with one attached hydrogen (secondary N) is 1. The molecule has 0 radical (unpaired) electrons. The average molecular weight is 452 g/mol. The Kier molecular flexibility index (Phi) is 5.55. The summed E-state index contributed by atoms with van der Waals surface area (Å²) in [6.45, 7) is 2.32. The molecule has 34 heavy (non-hydrogen) atoms. The minimum atomic E-state index is -0.507. The minimum Gasteiger partial charge on any atom is -0.507 e. The molecule has 1 aromatic heterocycles. The van der Waals surface area contributed by atoms with Crippen molar-refractivity contribution in [1.82, 2.24) is 9.99 Å². The number of hydrogen-bond acceptors (Lipinski definition) is 3. The lowest BCUT2D eigenvalue weighted by atomic mass is 10.1. The molecular weight excluding hydrogens is 429 g/mol. The number of amides is 1. The third-order valence-electron chi connectivity index (χ3n) is 6.03. The standard InChI is InChI=1S/C28H22FN3O2/c1-18-24(16-30-31-28(34)23-14-19-8-2-3-9-20(19)15-27(23)33)22-11-5-7-13-26(22)32(18)17-21-10-4-6-12-25(21)29/h2-16,33H,17H2,1H3,(H,31,34). The monoisotopic (exact) mass is 451 g/mol. The van der Waals surface area contributed by atoms with Crippen LogP contribution in [0.4, 0.5) is 4.39 Å². The molecule has 1 amide bonds. The second kappa shape index (κ2) is 8.83. The molecule has 0 fully saturated rings. The van der Waals surface area contributed by atoms with Crippen molar-refractivity contribution in [3.05, 3.63) is 113 Å². The number of rotatable bonds is 5. The number of aromatic nitrogens is 1. The van der Waals surface area contributed by atoms with Crippen LogP contribution in [0, 0.1) is 12.7 Å². The molecule has 2 N–H and O–H groups in total. The van der Waals surface area contributed by atoms with Crippen molar-refractivity contribution in [1.29, 1.82) is 0 Å². The fraction of sp³-hybridized carbons (Fsp3) is 0.0714. The summed E-state index contributed by atoms with van der Waals surface area (Å²) in [4.78, 5) is 12.7. The molecule has 6 heteroatoms. The Morgan fingerprint density at radius 2 is 1.68 bits per heavy atom. The van der Waals surface area contributed by atoms with E-state index in [-0.39, 0.29) is 17.1 Å². The maximum absolute atomic E-state index is 14.3. The highest BCUT2D eigenvalue weighted by Crippen LogP contribution is 2.27. The van der Waals surface area contributed by atoms with Crippen LogP contribution in [0.5, 0.6) is 5.75 Å². The summed E-state index contributed by atoms with van der Waals surface area (Å²) < 4.78 is 16.3. The Hall–Kier alpha value is -4.45. The van der Waals surface area contributed by atoms with Gasteiger partial charge in [-0.3, -0.25) is 4.79 Å². The van der Waals surface area contributed by atoms with E-state index in [0.717, 1.165) is 32.9 Å². The van der Waals surface area contributed by atoms with Crippen molar-refractivity contribution in [3.63, 3.8) is 0 Å². The molecule has 0 bridgehead atoms. The maximum atomic E-state index is 14.3. The highest BCUT2D eigenvalue weighted by molar-refractivity contribution is 6.04. The number of aromatic hydroxyl groups is 1. The van der Waals surface area contributed by atoms with Gasteiger partial charge in [-0.25, -0.2) is 9.82 Å².